The highest BCUT2D eigenvalue weighted by Gasteiger charge is 2.30. The smallest absolute Gasteiger partial charge is 0.224 e. The molecule has 1 amide bonds. The quantitative estimate of drug-likeness (QED) is 0.944. The fourth-order valence-electron chi connectivity index (χ4n) is 3.06. The Morgan fingerprint density at radius 1 is 1.18 bits per heavy atom. The molecule has 0 spiro atoms. The van der Waals surface area contributed by atoms with Gasteiger partial charge in [0.05, 0.1) is 6.04 Å². The molecule has 1 aliphatic heterocycles. The minimum atomic E-state index is 0.0638. The predicted molar refractivity (Wildman–Crippen MR) is 88.6 cm³/mol. The van der Waals surface area contributed by atoms with Crippen LogP contribution in [0.2, 0.25) is 5.02 Å². The molecule has 0 saturated heterocycles. The summed E-state index contributed by atoms with van der Waals surface area (Å²) in [5.74, 6) is 0.0991. The second-order valence-corrected chi connectivity index (χ2v) is 6.04. The third-order valence-corrected chi connectivity index (χ3v) is 4.40. The summed E-state index contributed by atoms with van der Waals surface area (Å²) in [7, 11) is 0. The second kappa shape index (κ2) is 6.51. The van der Waals surface area contributed by atoms with Gasteiger partial charge in [0.25, 0.3) is 0 Å². The van der Waals surface area contributed by atoms with E-state index in [0.29, 0.717) is 24.5 Å². The minimum Gasteiger partial charge on any atom is -0.331 e. The number of amides is 1. The Morgan fingerprint density at radius 2 is 1.95 bits per heavy atom. The van der Waals surface area contributed by atoms with E-state index in [1.165, 1.54) is 5.56 Å². The van der Waals surface area contributed by atoms with Gasteiger partial charge in [0.1, 0.15) is 0 Å². The van der Waals surface area contributed by atoms with Crippen molar-refractivity contribution in [2.75, 3.05) is 6.54 Å². The van der Waals surface area contributed by atoms with Crippen molar-refractivity contribution < 1.29 is 4.79 Å². The normalized spacial score (nSPS) is 17.2. The molecule has 0 bridgehead atoms. The molecule has 114 valence electrons. The van der Waals surface area contributed by atoms with Gasteiger partial charge >= 0.3 is 0 Å². The highest BCUT2D eigenvalue weighted by molar-refractivity contribution is 6.30. The molecular weight excluding hydrogens is 296 g/mol. The van der Waals surface area contributed by atoms with E-state index >= 15 is 0 Å². The van der Waals surface area contributed by atoms with Crippen LogP contribution in [0.5, 0.6) is 0 Å². The number of hydrogen-bond donors (Lipinski definition) is 1. The van der Waals surface area contributed by atoms with Crippen molar-refractivity contribution in [1.29, 1.82) is 0 Å². The van der Waals surface area contributed by atoms with E-state index in [4.69, 9.17) is 17.3 Å². The average molecular weight is 315 g/mol. The van der Waals surface area contributed by atoms with Crippen molar-refractivity contribution in [3.8, 4) is 0 Å². The summed E-state index contributed by atoms with van der Waals surface area (Å²) in [6.45, 7) is 0.966. The number of halogens is 1. The first-order chi connectivity index (χ1) is 10.7. The van der Waals surface area contributed by atoms with E-state index in [0.717, 1.165) is 17.5 Å². The summed E-state index contributed by atoms with van der Waals surface area (Å²) < 4.78 is 0. The number of carbonyl (C=O) groups is 1. The standard InChI is InChI=1S/C18H19ClN2O/c19-16-7-6-14-11-17(13-4-2-1-3-5-13)21(12-15(14)10-16)18(22)8-9-20/h1-7,10,17H,8-9,11-12,20H2/t17-/m0/s1. The number of fused-ring (bicyclic) bond motifs is 1. The van der Waals surface area contributed by atoms with Gasteiger partial charge in [0.2, 0.25) is 5.91 Å². The third-order valence-electron chi connectivity index (χ3n) is 4.16. The third kappa shape index (κ3) is 3.01. The lowest BCUT2D eigenvalue weighted by molar-refractivity contribution is -0.134. The van der Waals surface area contributed by atoms with Crippen LogP contribution in [0.3, 0.4) is 0 Å². The molecule has 3 rings (SSSR count). The molecule has 3 nitrogen and oxygen atoms in total. The van der Waals surface area contributed by atoms with E-state index in [2.05, 4.69) is 18.2 Å². The summed E-state index contributed by atoms with van der Waals surface area (Å²) in [6.07, 6.45) is 1.19. The second-order valence-electron chi connectivity index (χ2n) is 5.60. The Morgan fingerprint density at radius 3 is 2.68 bits per heavy atom. The van der Waals surface area contributed by atoms with Gasteiger partial charge in [0.15, 0.2) is 0 Å². The molecule has 0 unspecified atom stereocenters. The molecule has 22 heavy (non-hydrogen) atoms. The zero-order valence-corrected chi connectivity index (χ0v) is 13.1. The van der Waals surface area contributed by atoms with Crippen LogP contribution in [-0.2, 0) is 17.8 Å². The lowest BCUT2D eigenvalue weighted by Crippen LogP contribution is -2.39. The van der Waals surface area contributed by atoms with Crippen molar-refractivity contribution in [2.24, 2.45) is 5.73 Å². The van der Waals surface area contributed by atoms with Crippen LogP contribution in [-0.4, -0.2) is 17.4 Å². The van der Waals surface area contributed by atoms with Gasteiger partial charge in [-0.2, -0.15) is 0 Å². The van der Waals surface area contributed by atoms with Gasteiger partial charge in [-0.05, 0) is 35.2 Å². The fourth-order valence-corrected chi connectivity index (χ4v) is 3.25. The molecule has 0 saturated carbocycles. The van der Waals surface area contributed by atoms with Crippen LogP contribution >= 0.6 is 11.6 Å². The Kier molecular flexibility index (Phi) is 4.46. The molecule has 1 atom stereocenters. The van der Waals surface area contributed by atoms with Crippen molar-refractivity contribution in [1.82, 2.24) is 4.90 Å². The molecule has 2 aromatic carbocycles. The number of hydrogen-bond acceptors (Lipinski definition) is 2. The maximum absolute atomic E-state index is 12.5. The zero-order chi connectivity index (χ0) is 15.5. The fraction of sp³-hybridized carbons (Fsp3) is 0.278. The van der Waals surface area contributed by atoms with E-state index in [1.807, 2.05) is 35.2 Å². The average Bonchev–Trinajstić information content (AvgIpc) is 2.54. The van der Waals surface area contributed by atoms with E-state index in [9.17, 15) is 4.79 Å². The van der Waals surface area contributed by atoms with Crippen LogP contribution < -0.4 is 5.73 Å². The lowest BCUT2D eigenvalue weighted by atomic mass is 9.89. The largest absolute Gasteiger partial charge is 0.331 e. The van der Waals surface area contributed by atoms with Gasteiger partial charge in [0, 0.05) is 24.5 Å². The molecule has 0 radical (unpaired) electrons. The van der Waals surface area contributed by atoms with Crippen molar-refractivity contribution >= 4 is 17.5 Å². The summed E-state index contributed by atoms with van der Waals surface area (Å²) >= 11 is 6.10. The van der Waals surface area contributed by atoms with Crippen LogP contribution in [0, 0.1) is 0 Å². The molecule has 0 aliphatic carbocycles. The Balaban J connectivity index is 1.98. The summed E-state index contributed by atoms with van der Waals surface area (Å²) in [4.78, 5) is 14.4. The number of rotatable bonds is 3. The van der Waals surface area contributed by atoms with Crippen molar-refractivity contribution in [3.63, 3.8) is 0 Å². The predicted octanol–water partition coefficient (Wildman–Crippen LogP) is 3.31. The lowest BCUT2D eigenvalue weighted by Gasteiger charge is -2.37. The number of nitrogens with two attached hydrogens (primary N) is 1. The van der Waals surface area contributed by atoms with Gasteiger partial charge < -0.3 is 10.6 Å². The molecule has 0 aromatic heterocycles. The van der Waals surface area contributed by atoms with Crippen LogP contribution in [0.4, 0.5) is 0 Å². The highest BCUT2D eigenvalue weighted by atomic mass is 35.5. The van der Waals surface area contributed by atoms with Gasteiger partial charge in [-0.15, -0.1) is 0 Å². The Labute approximate surface area is 135 Å². The molecule has 4 heteroatoms. The van der Waals surface area contributed by atoms with E-state index in [1.54, 1.807) is 0 Å². The van der Waals surface area contributed by atoms with Gasteiger partial charge in [-0.1, -0.05) is 48.0 Å². The van der Waals surface area contributed by atoms with Crippen molar-refractivity contribution in [2.45, 2.75) is 25.4 Å². The molecule has 1 aliphatic rings. The molecule has 2 aromatic rings. The van der Waals surface area contributed by atoms with Crippen molar-refractivity contribution in [3.05, 3.63) is 70.2 Å². The zero-order valence-electron chi connectivity index (χ0n) is 12.3. The van der Waals surface area contributed by atoms with Crippen LogP contribution in [0.1, 0.15) is 29.2 Å². The van der Waals surface area contributed by atoms with Crippen LogP contribution in [0.15, 0.2) is 48.5 Å². The first-order valence-electron chi connectivity index (χ1n) is 7.51. The maximum Gasteiger partial charge on any atom is 0.224 e. The first-order valence-corrected chi connectivity index (χ1v) is 7.88. The van der Waals surface area contributed by atoms with E-state index in [-0.39, 0.29) is 11.9 Å². The van der Waals surface area contributed by atoms with Gasteiger partial charge in [-0.25, -0.2) is 0 Å². The van der Waals surface area contributed by atoms with Gasteiger partial charge in [-0.3, -0.25) is 4.79 Å². The monoisotopic (exact) mass is 314 g/mol. The summed E-state index contributed by atoms with van der Waals surface area (Å²) in [5.41, 5.74) is 9.12. The SMILES string of the molecule is NCCC(=O)N1Cc2cc(Cl)ccc2C[C@H]1c1ccccc1. The Bertz CT molecular complexity index is 672. The maximum atomic E-state index is 12.5. The molecule has 2 N–H and O–H groups in total. The molecule has 1 heterocycles. The number of carbonyl (C=O) groups excluding carboxylic acids is 1. The summed E-state index contributed by atoms with van der Waals surface area (Å²) in [6, 6.07) is 16.2. The Hall–Kier alpha value is -1.84. The first kappa shape index (κ1) is 15.1. The topological polar surface area (TPSA) is 46.3 Å². The highest BCUT2D eigenvalue weighted by Crippen LogP contribution is 2.34. The molecular formula is C18H19ClN2O. The number of nitrogens with zero attached hydrogens (tertiary/aromatic N) is 1. The summed E-state index contributed by atoms with van der Waals surface area (Å²) in [5, 5.41) is 0.711. The minimum absolute atomic E-state index is 0.0638. The van der Waals surface area contributed by atoms with Crippen LogP contribution in [0.25, 0.3) is 0 Å². The number of benzene rings is 2. The molecule has 0 fully saturated rings. The van der Waals surface area contributed by atoms with E-state index < -0.39 is 0 Å².